The maximum Gasteiger partial charge on any atom is 0.326 e. The molecule has 154 valence electrons. The molecule has 1 aromatic heterocycles. The van der Waals surface area contributed by atoms with Gasteiger partial charge in [0.15, 0.2) is 0 Å². The van der Waals surface area contributed by atoms with Crippen molar-refractivity contribution < 1.29 is 10.2 Å². The maximum absolute atomic E-state index is 12.3. The van der Waals surface area contributed by atoms with E-state index in [4.69, 9.17) is 0 Å². The fourth-order valence-electron chi connectivity index (χ4n) is 4.93. The largest absolute Gasteiger partial charge is 0.508 e. The number of benzene rings is 2. The second kappa shape index (κ2) is 7.69. The summed E-state index contributed by atoms with van der Waals surface area (Å²) in [6, 6.07) is 12.9. The van der Waals surface area contributed by atoms with Gasteiger partial charge in [-0.15, -0.1) is 0 Å². The zero-order valence-electron chi connectivity index (χ0n) is 17.1. The van der Waals surface area contributed by atoms with Crippen molar-refractivity contribution in [2.24, 2.45) is 5.92 Å². The number of aryl methyl sites for hydroxylation is 1. The summed E-state index contributed by atoms with van der Waals surface area (Å²) in [6.07, 6.45) is -0.0826. The smallest absolute Gasteiger partial charge is 0.326 e. The minimum Gasteiger partial charge on any atom is -0.508 e. The molecule has 0 bridgehead atoms. The number of H-pyrrole nitrogens is 1. The van der Waals surface area contributed by atoms with Gasteiger partial charge in [-0.2, -0.15) is 0 Å². The number of aromatic nitrogens is 2. The highest BCUT2D eigenvalue weighted by Crippen LogP contribution is 2.35. The Hall–Kier alpha value is -2.57. The fraction of sp³-hybridized carbons (Fsp3) is 0.435. The van der Waals surface area contributed by atoms with Crippen molar-refractivity contribution in [1.29, 1.82) is 0 Å². The van der Waals surface area contributed by atoms with Crippen LogP contribution < -0.4 is 11.0 Å². The number of imidazole rings is 1. The highest BCUT2D eigenvalue weighted by atomic mass is 16.3. The molecule has 1 aliphatic rings. The van der Waals surface area contributed by atoms with Crippen LogP contribution in [-0.2, 0) is 6.54 Å². The van der Waals surface area contributed by atoms with E-state index in [0.29, 0.717) is 24.6 Å². The van der Waals surface area contributed by atoms with Crippen LogP contribution in [0.2, 0.25) is 0 Å². The van der Waals surface area contributed by atoms with Gasteiger partial charge in [-0.3, -0.25) is 4.57 Å². The molecule has 2 aromatic carbocycles. The van der Waals surface area contributed by atoms with Gasteiger partial charge in [0.05, 0.1) is 17.1 Å². The van der Waals surface area contributed by atoms with Gasteiger partial charge < -0.3 is 20.5 Å². The molecule has 0 amide bonds. The summed E-state index contributed by atoms with van der Waals surface area (Å²) in [4.78, 5) is 15.2. The molecule has 0 saturated carbocycles. The molecule has 4 atom stereocenters. The highest BCUT2D eigenvalue weighted by molar-refractivity contribution is 5.79. The summed E-state index contributed by atoms with van der Waals surface area (Å²) in [5.74, 6) is 0.687. The lowest BCUT2D eigenvalue weighted by Gasteiger charge is -2.34. The van der Waals surface area contributed by atoms with E-state index in [1.807, 2.05) is 36.4 Å². The van der Waals surface area contributed by atoms with E-state index in [9.17, 15) is 15.0 Å². The summed E-state index contributed by atoms with van der Waals surface area (Å²) >= 11 is 0. The molecule has 0 saturated heterocycles. The van der Waals surface area contributed by atoms with Crippen LogP contribution in [0, 0.1) is 5.92 Å². The SMILES string of the molecule is CC(C)C(c1ccccc1O)C(C)NC1CCn2c(=O)[nH]c3cccc(c32)C1O. The van der Waals surface area contributed by atoms with Gasteiger partial charge in [0.25, 0.3) is 0 Å². The first-order valence-electron chi connectivity index (χ1n) is 10.3. The van der Waals surface area contributed by atoms with Gasteiger partial charge in [0, 0.05) is 30.1 Å². The number of aliphatic hydroxyl groups is 1. The van der Waals surface area contributed by atoms with Crippen LogP contribution >= 0.6 is 0 Å². The Bertz CT molecular complexity index is 1070. The predicted molar refractivity (Wildman–Crippen MR) is 114 cm³/mol. The molecular formula is C23H29N3O3. The zero-order chi connectivity index (χ0) is 20.7. The average Bonchev–Trinajstić information content (AvgIpc) is 2.93. The Morgan fingerprint density at radius 1 is 1.14 bits per heavy atom. The molecule has 4 N–H and O–H groups in total. The average molecular weight is 396 g/mol. The van der Waals surface area contributed by atoms with Crippen molar-refractivity contribution in [1.82, 2.24) is 14.9 Å². The first-order valence-corrected chi connectivity index (χ1v) is 10.3. The van der Waals surface area contributed by atoms with Gasteiger partial charge in [0.1, 0.15) is 5.75 Å². The van der Waals surface area contributed by atoms with E-state index in [2.05, 4.69) is 31.1 Å². The van der Waals surface area contributed by atoms with Crippen LogP contribution in [-0.4, -0.2) is 31.8 Å². The zero-order valence-corrected chi connectivity index (χ0v) is 17.1. The summed E-state index contributed by atoms with van der Waals surface area (Å²) in [5.41, 5.74) is 3.10. The molecule has 0 aliphatic carbocycles. The quantitative estimate of drug-likeness (QED) is 0.534. The maximum atomic E-state index is 12.3. The molecule has 3 aromatic rings. The number of hydrogen-bond acceptors (Lipinski definition) is 4. The van der Waals surface area contributed by atoms with Crippen molar-refractivity contribution in [3.8, 4) is 5.75 Å². The van der Waals surface area contributed by atoms with Crippen LogP contribution in [0.5, 0.6) is 5.75 Å². The Morgan fingerprint density at radius 2 is 1.90 bits per heavy atom. The number of para-hydroxylation sites is 2. The van der Waals surface area contributed by atoms with Crippen molar-refractivity contribution in [2.75, 3.05) is 0 Å². The molecule has 29 heavy (non-hydrogen) atoms. The lowest BCUT2D eigenvalue weighted by atomic mass is 9.82. The Labute approximate surface area is 170 Å². The first-order chi connectivity index (χ1) is 13.9. The van der Waals surface area contributed by atoms with Gasteiger partial charge in [-0.25, -0.2) is 4.79 Å². The number of phenols is 1. The molecule has 0 radical (unpaired) electrons. The molecular weight excluding hydrogens is 366 g/mol. The fourth-order valence-corrected chi connectivity index (χ4v) is 4.93. The molecule has 4 rings (SSSR count). The third-order valence-electron chi connectivity index (χ3n) is 6.22. The van der Waals surface area contributed by atoms with E-state index in [-0.39, 0.29) is 23.7 Å². The highest BCUT2D eigenvalue weighted by Gasteiger charge is 2.32. The number of hydrogen-bond donors (Lipinski definition) is 4. The number of aromatic amines is 1. The third kappa shape index (κ3) is 3.47. The molecule has 6 nitrogen and oxygen atoms in total. The van der Waals surface area contributed by atoms with Crippen molar-refractivity contribution >= 4 is 11.0 Å². The van der Waals surface area contributed by atoms with Crippen molar-refractivity contribution in [3.05, 3.63) is 64.1 Å². The lowest BCUT2D eigenvalue weighted by Crippen LogP contribution is -2.44. The summed E-state index contributed by atoms with van der Waals surface area (Å²) in [7, 11) is 0. The van der Waals surface area contributed by atoms with E-state index in [0.717, 1.165) is 22.2 Å². The molecule has 0 spiro atoms. The topological polar surface area (TPSA) is 90.3 Å². The Kier molecular flexibility index (Phi) is 5.23. The van der Waals surface area contributed by atoms with E-state index < -0.39 is 6.10 Å². The van der Waals surface area contributed by atoms with Crippen LogP contribution in [0.4, 0.5) is 0 Å². The number of phenolic OH excluding ortho intramolecular Hbond substituents is 1. The van der Waals surface area contributed by atoms with Gasteiger partial charge in [-0.1, -0.05) is 44.2 Å². The molecule has 1 aliphatic heterocycles. The summed E-state index contributed by atoms with van der Waals surface area (Å²) < 4.78 is 1.73. The van der Waals surface area contributed by atoms with E-state index in [1.54, 1.807) is 10.6 Å². The lowest BCUT2D eigenvalue weighted by molar-refractivity contribution is 0.115. The van der Waals surface area contributed by atoms with Crippen LogP contribution in [0.1, 0.15) is 50.3 Å². The molecule has 0 fully saturated rings. The standard InChI is InChI=1S/C23H29N3O3/c1-13(2)20(15-7-4-5-10-19(15)27)14(3)24-18-11-12-26-21-16(22(18)28)8-6-9-17(21)25-23(26)29/h4-10,13-14,18,20,22,24,27-28H,11-12H2,1-3H3,(H,25,29). The first kappa shape index (κ1) is 19.7. The van der Waals surface area contributed by atoms with Gasteiger partial charge in [-0.05, 0) is 37.0 Å². The van der Waals surface area contributed by atoms with Gasteiger partial charge in [0.2, 0.25) is 0 Å². The minimum absolute atomic E-state index is 0.0258. The number of aromatic hydroxyl groups is 1. The molecule has 2 heterocycles. The van der Waals surface area contributed by atoms with Crippen LogP contribution in [0.25, 0.3) is 11.0 Å². The predicted octanol–water partition coefficient (Wildman–Crippen LogP) is 3.26. The molecule has 4 unspecified atom stereocenters. The van der Waals surface area contributed by atoms with Crippen molar-refractivity contribution in [3.63, 3.8) is 0 Å². The number of aliphatic hydroxyl groups excluding tert-OH is 1. The Balaban J connectivity index is 1.64. The van der Waals surface area contributed by atoms with Crippen LogP contribution in [0.15, 0.2) is 47.3 Å². The van der Waals surface area contributed by atoms with Crippen LogP contribution in [0.3, 0.4) is 0 Å². The second-order valence-electron chi connectivity index (χ2n) is 8.45. The normalized spacial score (nSPS) is 21.3. The second-order valence-corrected chi connectivity index (χ2v) is 8.45. The molecule has 6 heteroatoms. The third-order valence-corrected chi connectivity index (χ3v) is 6.22. The van der Waals surface area contributed by atoms with E-state index >= 15 is 0 Å². The minimum atomic E-state index is -0.720. The summed E-state index contributed by atoms with van der Waals surface area (Å²) in [5, 5.41) is 25.2. The van der Waals surface area contributed by atoms with Gasteiger partial charge >= 0.3 is 5.69 Å². The van der Waals surface area contributed by atoms with Crippen molar-refractivity contribution in [2.45, 2.75) is 57.8 Å². The van der Waals surface area contributed by atoms with E-state index in [1.165, 1.54) is 0 Å². The number of nitrogens with zero attached hydrogens (tertiary/aromatic N) is 1. The Morgan fingerprint density at radius 3 is 2.62 bits per heavy atom. The number of nitrogens with one attached hydrogen (secondary N) is 2. The monoisotopic (exact) mass is 395 g/mol. The number of rotatable bonds is 5. The summed E-state index contributed by atoms with van der Waals surface area (Å²) in [6.45, 7) is 6.93.